The van der Waals surface area contributed by atoms with E-state index in [9.17, 15) is 9.59 Å². The molecule has 0 spiro atoms. The Hall–Kier alpha value is -3.60. The predicted molar refractivity (Wildman–Crippen MR) is 116 cm³/mol. The van der Waals surface area contributed by atoms with Crippen molar-refractivity contribution in [1.29, 1.82) is 0 Å². The lowest BCUT2D eigenvalue weighted by Gasteiger charge is -2.23. The van der Waals surface area contributed by atoms with Crippen LogP contribution in [0.1, 0.15) is 18.1 Å². The molecule has 1 N–H and O–H groups in total. The highest BCUT2D eigenvalue weighted by Gasteiger charge is 2.47. The van der Waals surface area contributed by atoms with Gasteiger partial charge in [-0.2, -0.15) is 0 Å². The van der Waals surface area contributed by atoms with Crippen LogP contribution in [-0.2, 0) is 17.8 Å². The molecule has 3 aromatic carbocycles. The minimum absolute atomic E-state index is 0.231. The van der Waals surface area contributed by atoms with Gasteiger partial charge >= 0.3 is 6.03 Å². The molecular formula is C25H24N2O3. The van der Waals surface area contributed by atoms with E-state index in [1.54, 1.807) is 14.0 Å². The molecule has 1 heterocycles. The average Bonchev–Trinajstić information content (AvgIpc) is 2.98. The van der Waals surface area contributed by atoms with E-state index in [1.165, 1.54) is 4.90 Å². The van der Waals surface area contributed by atoms with Crippen LogP contribution in [-0.4, -0.2) is 29.5 Å². The number of hydrogen-bond acceptors (Lipinski definition) is 3. The molecule has 5 heteroatoms. The fourth-order valence-electron chi connectivity index (χ4n) is 3.86. The van der Waals surface area contributed by atoms with Crippen molar-refractivity contribution < 1.29 is 14.3 Å². The van der Waals surface area contributed by atoms with Crippen LogP contribution in [0.25, 0.3) is 11.1 Å². The van der Waals surface area contributed by atoms with Crippen molar-refractivity contribution in [2.75, 3.05) is 7.11 Å². The molecule has 4 rings (SSSR count). The minimum atomic E-state index is -1.00. The molecule has 1 saturated heterocycles. The average molecular weight is 400 g/mol. The van der Waals surface area contributed by atoms with Gasteiger partial charge in [-0.1, -0.05) is 72.8 Å². The molecular weight excluding hydrogens is 376 g/mol. The van der Waals surface area contributed by atoms with E-state index in [4.69, 9.17) is 4.74 Å². The van der Waals surface area contributed by atoms with Crippen molar-refractivity contribution in [3.63, 3.8) is 0 Å². The Morgan fingerprint density at radius 3 is 2.20 bits per heavy atom. The monoisotopic (exact) mass is 400 g/mol. The smallest absolute Gasteiger partial charge is 0.325 e. The number of para-hydroxylation sites is 1. The zero-order valence-corrected chi connectivity index (χ0v) is 17.1. The lowest BCUT2D eigenvalue weighted by atomic mass is 9.92. The van der Waals surface area contributed by atoms with Gasteiger partial charge in [-0.05, 0) is 35.2 Å². The summed E-state index contributed by atoms with van der Waals surface area (Å²) in [5.41, 5.74) is 3.00. The maximum atomic E-state index is 13.1. The number of methoxy groups -OCH3 is 1. The van der Waals surface area contributed by atoms with E-state index in [2.05, 4.69) is 17.4 Å². The largest absolute Gasteiger partial charge is 0.496 e. The summed E-state index contributed by atoms with van der Waals surface area (Å²) in [7, 11) is 1.60. The molecule has 0 bridgehead atoms. The summed E-state index contributed by atoms with van der Waals surface area (Å²) in [4.78, 5) is 27.0. The molecule has 3 aromatic rings. The first-order valence-electron chi connectivity index (χ1n) is 9.90. The first-order chi connectivity index (χ1) is 14.5. The zero-order valence-electron chi connectivity index (χ0n) is 17.1. The molecule has 1 aliphatic heterocycles. The normalized spacial score (nSPS) is 18.4. The van der Waals surface area contributed by atoms with Gasteiger partial charge in [0.25, 0.3) is 5.91 Å². The van der Waals surface area contributed by atoms with Gasteiger partial charge in [-0.15, -0.1) is 0 Å². The third-order valence-electron chi connectivity index (χ3n) is 5.48. The molecule has 0 radical (unpaired) electrons. The van der Waals surface area contributed by atoms with Crippen LogP contribution in [0, 0.1) is 0 Å². The molecule has 1 aliphatic rings. The van der Waals surface area contributed by atoms with E-state index < -0.39 is 5.54 Å². The number of ether oxygens (including phenoxy) is 1. The van der Waals surface area contributed by atoms with Crippen LogP contribution in [0.4, 0.5) is 4.79 Å². The van der Waals surface area contributed by atoms with Crippen LogP contribution >= 0.6 is 0 Å². The van der Waals surface area contributed by atoms with Gasteiger partial charge in [-0.3, -0.25) is 9.69 Å². The third-order valence-corrected chi connectivity index (χ3v) is 5.48. The van der Waals surface area contributed by atoms with E-state index >= 15 is 0 Å². The number of benzene rings is 3. The molecule has 0 aromatic heterocycles. The van der Waals surface area contributed by atoms with Crippen LogP contribution in [0.15, 0.2) is 78.9 Å². The van der Waals surface area contributed by atoms with Crippen molar-refractivity contribution in [1.82, 2.24) is 10.2 Å². The van der Waals surface area contributed by atoms with Gasteiger partial charge in [0, 0.05) is 6.42 Å². The van der Waals surface area contributed by atoms with Gasteiger partial charge in [0.2, 0.25) is 0 Å². The van der Waals surface area contributed by atoms with Crippen LogP contribution < -0.4 is 10.1 Å². The number of hydrogen-bond donors (Lipinski definition) is 1. The second-order valence-corrected chi connectivity index (χ2v) is 7.71. The van der Waals surface area contributed by atoms with Crippen molar-refractivity contribution in [3.05, 3.63) is 90.0 Å². The first-order valence-corrected chi connectivity index (χ1v) is 9.90. The Morgan fingerprint density at radius 2 is 1.50 bits per heavy atom. The maximum Gasteiger partial charge on any atom is 0.325 e. The molecule has 0 saturated carbocycles. The lowest BCUT2D eigenvalue weighted by molar-refractivity contribution is -0.131. The van der Waals surface area contributed by atoms with Crippen LogP contribution in [0.5, 0.6) is 5.75 Å². The topological polar surface area (TPSA) is 58.6 Å². The Morgan fingerprint density at radius 1 is 0.867 bits per heavy atom. The predicted octanol–water partition coefficient (Wildman–Crippen LogP) is 4.42. The Bertz CT molecular complexity index is 1060. The Kier molecular flexibility index (Phi) is 5.27. The minimum Gasteiger partial charge on any atom is -0.496 e. The zero-order chi connectivity index (χ0) is 21.1. The SMILES string of the molecule is COc1ccccc1C[C@@]1(C)NC(=O)N(Cc2ccc(-c3ccccc3)cc2)C1=O. The fraction of sp³-hybridized carbons (Fsp3) is 0.200. The molecule has 0 aliphatic carbocycles. The van der Waals surface area contributed by atoms with Gasteiger partial charge < -0.3 is 10.1 Å². The number of carbonyl (C=O) groups is 2. The molecule has 30 heavy (non-hydrogen) atoms. The van der Waals surface area contributed by atoms with Crippen molar-refractivity contribution >= 4 is 11.9 Å². The number of nitrogens with one attached hydrogen (secondary N) is 1. The lowest BCUT2D eigenvalue weighted by Crippen LogP contribution is -2.46. The molecule has 1 atom stereocenters. The van der Waals surface area contributed by atoms with E-state index in [0.717, 1.165) is 22.3 Å². The van der Waals surface area contributed by atoms with Gasteiger partial charge in [0.05, 0.1) is 13.7 Å². The summed E-state index contributed by atoms with van der Waals surface area (Å²) < 4.78 is 5.40. The van der Waals surface area contributed by atoms with E-state index in [1.807, 2.05) is 66.7 Å². The van der Waals surface area contributed by atoms with Gasteiger partial charge in [0.15, 0.2) is 0 Å². The highest BCUT2D eigenvalue weighted by molar-refractivity contribution is 6.06. The quantitative estimate of drug-likeness (QED) is 0.624. The number of nitrogens with zero attached hydrogens (tertiary/aromatic N) is 1. The Balaban J connectivity index is 1.50. The number of rotatable bonds is 6. The summed E-state index contributed by atoms with van der Waals surface area (Å²) in [5, 5.41) is 2.87. The van der Waals surface area contributed by atoms with E-state index in [-0.39, 0.29) is 18.5 Å². The number of imide groups is 1. The summed E-state index contributed by atoms with van der Waals surface area (Å²) >= 11 is 0. The maximum absolute atomic E-state index is 13.1. The molecule has 3 amide bonds. The molecule has 1 fully saturated rings. The summed E-state index contributed by atoms with van der Waals surface area (Å²) in [6.07, 6.45) is 0.366. The van der Waals surface area contributed by atoms with Crippen LogP contribution in [0.3, 0.4) is 0 Å². The molecule has 5 nitrogen and oxygen atoms in total. The van der Waals surface area contributed by atoms with Gasteiger partial charge in [-0.25, -0.2) is 4.79 Å². The summed E-state index contributed by atoms with van der Waals surface area (Å²) in [5.74, 6) is 0.473. The van der Waals surface area contributed by atoms with Crippen LogP contribution in [0.2, 0.25) is 0 Å². The highest BCUT2D eigenvalue weighted by atomic mass is 16.5. The van der Waals surface area contributed by atoms with Gasteiger partial charge in [0.1, 0.15) is 11.3 Å². The first kappa shape index (κ1) is 19.7. The second-order valence-electron chi connectivity index (χ2n) is 7.71. The van der Waals surface area contributed by atoms with Crippen molar-refractivity contribution in [2.24, 2.45) is 0 Å². The van der Waals surface area contributed by atoms with Crippen molar-refractivity contribution in [2.45, 2.75) is 25.4 Å². The number of carbonyl (C=O) groups excluding carboxylic acids is 2. The van der Waals surface area contributed by atoms with Crippen molar-refractivity contribution in [3.8, 4) is 16.9 Å². The molecule has 152 valence electrons. The third kappa shape index (κ3) is 3.79. The molecule has 0 unspecified atom stereocenters. The number of urea groups is 1. The highest BCUT2D eigenvalue weighted by Crippen LogP contribution is 2.28. The summed E-state index contributed by atoms with van der Waals surface area (Å²) in [6.45, 7) is 2.00. The second kappa shape index (κ2) is 8.03. The Labute approximate surface area is 176 Å². The number of amides is 3. The fourth-order valence-corrected chi connectivity index (χ4v) is 3.86. The van der Waals surface area contributed by atoms with E-state index in [0.29, 0.717) is 12.2 Å². The standard InChI is InChI=1S/C25H24N2O3/c1-25(16-21-10-6-7-11-22(21)30-2)23(28)27(24(29)26-25)17-18-12-14-20(15-13-18)19-8-4-3-5-9-19/h3-15H,16-17H2,1-2H3,(H,26,29)/t25-/m1/s1. The summed E-state index contributed by atoms with van der Waals surface area (Å²) in [6, 6.07) is 25.2.